The van der Waals surface area contributed by atoms with Crippen molar-refractivity contribution in [3.8, 4) is 0 Å². The molecule has 2 aromatic rings. The van der Waals surface area contributed by atoms with Crippen molar-refractivity contribution in [1.29, 1.82) is 0 Å². The molecule has 2 N–H and O–H groups in total. The molecule has 0 saturated carbocycles. The zero-order chi connectivity index (χ0) is 22.9. The smallest absolute Gasteiger partial charge is 0.353 e. The predicted molar refractivity (Wildman–Crippen MR) is 100 cm³/mol. The number of hydrogen-bond acceptors (Lipinski definition) is 3. The van der Waals surface area contributed by atoms with Gasteiger partial charge >= 0.3 is 12.2 Å². The zero-order valence-corrected chi connectivity index (χ0v) is 16.7. The molecular weight excluding hydrogens is 447 g/mol. The van der Waals surface area contributed by atoms with Crippen LogP contribution in [0.4, 0.5) is 26.7 Å². The van der Waals surface area contributed by atoms with Gasteiger partial charge in [-0.25, -0.2) is 13.6 Å². The van der Waals surface area contributed by atoms with Crippen LogP contribution in [0.5, 0.6) is 0 Å². The van der Waals surface area contributed by atoms with Gasteiger partial charge < -0.3 is 15.5 Å². The summed E-state index contributed by atoms with van der Waals surface area (Å²) in [6.07, 6.45) is -3.87. The van der Waals surface area contributed by atoms with E-state index in [4.69, 9.17) is 11.6 Å². The predicted octanol–water partition coefficient (Wildman–Crippen LogP) is 3.65. The van der Waals surface area contributed by atoms with Crippen molar-refractivity contribution in [2.45, 2.75) is 25.2 Å². The lowest BCUT2D eigenvalue weighted by atomic mass is 9.99. The van der Waals surface area contributed by atoms with Crippen molar-refractivity contribution in [3.63, 3.8) is 0 Å². The van der Waals surface area contributed by atoms with E-state index in [1.807, 2.05) is 0 Å². The summed E-state index contributed by atoms with van der Waals surface area (Å²) in [5.74, 6) is -2.62. The fourth-order valence-electron chi connectivity index (χ4n) is 3.11. The van der Waals surface area contributed by atoms with Gasteiger partial charge in [-0.05, 0) is 24.6 Å². The van der Waals surface area contributed by atoms with Gasteiger partial charge in [-0.15, -0.1) is 0 Å². The highest BCUT2D eigenvalue weighted by Crippen LogP contribution is 2.32. The van der Waals surface area contributed by atoms with Crippen LogP contribution in [0.3, 0.4) is 0 Å². The second-order valence-corrected chi connectivity index (χ2v) is 7.16. The molecule has 2 atom stereocenters. The lowest BCUT2D eigenvalue weighted by Gasteiger charge is -2.34. The number of alkyl halides is 3. The van der Waals surface area contributed by atoms with Crippen molar-refractivity contribution in [3.05, 3.63) is 63.9 Å². The number of pyridine rings is 1. The van der Waals surface area contributed by atoms with Crippen molar-refractivity contribution in [1.82, 2.24) is 20.5 Å². The Labute approximate surface area is 178 Å². The first-order valence-electron chi connectivity index (χ1n) is 9.02. The highest BCUT2D eigenvalue weighted by atomic mass is 35.5. The minimum absolute atomic E-state index is 0.00274. The van der Waals surface area contributed by atoms with E-state index in [0.717, 1.165) is 24.4 Å². The van der Waals surface area contributed by atoms with Gasteiger partial charge in [0.05, 0.1) is 6.04 Å². The number of piperazine rings is 1. The molecule has 1 aliphatic rings. The summed E-state index contributed by atoms with van der Waals surface area (Å²) in [4.78, 5) is 29.2. The fraction of sp³-hybridized carbons (Fsp3) is 0.316. The van der Waals surface area contributed by atoms with Crippen LogP contribution in [0.25, 0.3) is 0 Å². The van der Waals surface area contributed by atoms with Crippen LogP contribution in [0.15, 0.2) is 30.5 Å². The van der Waals surface area contributed by atoms with E-state index in [-0.39, 0.29) is 24.2 Å². The Bertz CT molecular complexity index is 1000. The number of benzene rings is 1. The quantitative estimate of drug-likeness (QED) is 0.540. The molecule has 0 bridgehead atoms. The minimum atomic E-state index is -4.70. The molecule has 3 amide bonds. The summed E-state index contributed by atoms with van der Waals surface area (Å²) in [7, 11) is 0. The molecule has 0 aliphatic carbocycles. The maximum atomic E-state index is 14.7. The Morgan fingerprint density at radius 2 is 2.00 bits per heavy atom. The Morgan fingerprint density at radius 3 is 2.61 bits per heavy atom. The first-order chi connectivity index (χ1) is 14.5. The molecule has 1 fully saturated rings. The minimum Gasteiger partial charge on any atom is -0.353 e. The number of carbonyl (C=O) groups excluding carboxylic acids is 2. The molecule has 6 nitrogen and oxygen atoms in total. The van der Waals surface area contributed by atoms with Crippen molar-refractivity contribution < 1.29 is 31.5 Å². The molecule has 1 aliphatic heterocycles. The fourth-order valence-corrected chi connectivity index (χ4v) is 3.29. The Balaban J connectivity index is 2.00. The second-order valence-electron chi connectivity index (χ2n) is 6.78. The van der Waals surface area contributed by atoms with E-state index in [1.54, 1.807) is 0 Å². The Morgan fingerprint density at radius 1 is 1.29 bits per heavy atom. The normalized spacial score (nSPS) is 17.8. The van der Waals surface area contributed by atoms with Gasteiger partial charge in [-0.2, -0.15) is 13.2 Å². The summed E-state index contributed by atoms with van der Waals surface area (Å²) in [5, 5.41) is 4.23. The van der Waals surface area contributed by atoms with Crippen LogP contribution in [-0.2, 0) is 11.0 Å². The second kappa shape index (κ2) is 8.66. The number of hydrogen-bond donors (Lipinski definition) is 2. The molecule has 166 valence electrons. The molecule has 0 radical (unpaired) electrons. The van der Waals surface area contributed by atoms with Gasteiger partial charge in [-0.1, -0.05) is 23.7 Å². The maximum absolute atomic E-state index is 14.7. The van der Waals surface area contributed by atoms with Crippen LogP contribution in [0, 0.1) is 11.6 Å². The average molecular weight is 463 g/mol. The summed E-state index contributed by atoms with van der Waals surface area (Å²) in [6.45, 7) is 1.83. The average Bonchev–Trinajstić information content (AvgIpc) is 2.72. The van der Waals surface area contributed by atoms with E-state index in [0.29, 0.717) is 6.07 Å². The van der Waals surface area contributed by atoms with Gasteiger partial charge in [0.1, 0.15) is 28.4 Å². The molecule has 3 rings (SSSR count). The standard InChI is InChI=1S/C19H16ClF5N4O2/c1-9-17(30)26-6-7-29(9)18(31)28-16(11-3-4-12(21)14(20)15(11)22)10-2-5-13(27-8-10)19(23,24)25/h2-5,8-9,16H,6-7H2,1H3,(H,26,30)(H,28,31)/t9-,16?/m1/s1. The first kappa shape index (κ1) is 22.7. The van der Waals surface area contributed by atoms with E-state index in [2.05, 4.69) is 15.6 Å². The van der Waals surface area contributed by atoms with Crippen LogP contribution >= 0.6 is 11.6 Å². The molecule has 1 saturated heterocycles. The lowest BCUT2D eigenvalue weighted by Crippen LogP contribution is -2.58. The number of amides is 3. The van der Waals surface area contributed by atoms with Crippen molar-refractivity contribution >= 4 is 23.5 Å². The monoisotopic (exact) mass is 462 g/mol. The number of aromatic nitrogens is 1. The third-order valence-electron chi connectivity index (χ3n) is 4.81. The number of nitrogens with one attached hydrogen (secondary N) is 2. The Hall–Kier alpha value is -2.95. The van der Waals surface area contributed by atoms with Crippen LogP contribution < -0.4 is 10.6 Å². The number of urea groups is 1. The van der Waals surface area contributed by atoms with Gasteiger partial charge in [-0.3, -0.25) is 9.78 Å². The van der Waals surface area contributed by atoms with E-state index < -0.39 is 52.5 Å². The summed E-state index contributed by atoms with van der Waals surface area (Å²) in [5.41, 5.74) is -1.47. The van der Waals surface area contributed by atoms with Gasteiger partial charge in [0.25, 0.3) is 0 Å². The van der Waals surface area contributed by atoms with Crippen molar-refractivity contribution in [2.24, 2.45) is 0 Å². The molecule has 0 spiro atoms. The Kier molecular flexibility index (Phi) is 6.35. The molecule has 2 heterocycles. The third-order valence-corrected chi connectivity index (χ3v) is 5.16. The molecule has 31 heavy (non-hydrogen) atoms. The number of halogens is 6. The van der Waals surface area contributed by atoms with E-state index >= 15 is 0 Å². The van der Waals surface area contributed by atoms with Gasteiger partial charge in [0.15, 0.2) is 0 Å². The molecular formula is C19H16ClF5N4O2. The third kappa shape index (κ3) is 4.71. The summed E-state index contributed by atoms with van der Waals surface area (Å²) < 4.78 is 66.8. The largest absolute Gasteiger partial charge is 0.433 e. The highest BCUT2D eigenvalue weighted by molar-refractivity contribution is 6.31. The molecule has 1 unspecified atom stereocenters. The molecule has 1 aromatic carbocycles. The van der Waals surface area contributed by atoms with E-state index in [9.17, 15) is 31.5 Å². The number of nitrogens with zero attached hydrogens (tertiary/aromatic N) is 2. The van der Waals surface area contributed by atoms with Crippen LogP contribution in [0.1, 0.15) is 29.8 Å². The molecule has 12 heteroatoms. The van der Waals surface area contributed by atoms with Crippen LogP contribution in [-0.4, -0.2) is 41.0 Å². The van der Waals surface area contributed by atoms with E-state index in [1.165, 1.54) is 11.8 Å². The lowest BCUT2D eigenvalue weighted by molar-refractivity contribution is -0.141. The van der Waals surface area contributed by atoms with Crippen LogP contribution in [0.2, 0.25) is 5.02 Å². The topological polar surface area (TPSA) is 74.3 Å². The van der Waals surface area contributed by atoms with Crippen molar-refractivity contribution in [2.75, 3.05) is 13.1 Å². The van der Waals surface area contributed by atoms with Gasteiger partial charge in [0, 0.05) is 24.8 Å². The SMILES string of the molecule is C[C@@H]1C(=O)NCCN1C(=O)NC(c1ccc(C(F)(F)F)nc1)c1ccc(F)c(Cl)c1F. The summed E-state index contributed by atoms with van der Waals surface area (Å²) >= 11 is 5.64. The number of rotatable bonds is 3. The number of carbonyl (C=O) groups is 2. The first-order valence-corrected chi connectivity index (χ1v) is 9.40. The van der Waals surface area contributed by atoms with Gasteiger partial charge in [0.2, 0.25) is 5.91 Å². The summed E-state index contributed by atoms with van der Waals surface area (Å²) in [6, 6.07) is 0.629. The maximum Gasteiger partial charge on any atom is 0.433 e. The zero-order valence-electron chi connectivity index (χ0n) is 15.9. The highest BCUT2D eigenvalue weighted by Gasteiger charge is 2.34. The molecule has 1 aromatic heterocycles.